The van der Waals surface area contributed by atoms with Gasteiger partial charge < -0.3 is 11.5 Å². The van der Waals surface area contributed by atoms with Gasteiger partial charge in [-0.15, -0.1) is 0 Å². The van der Waals surface area contributed by atoms with Crippen LogP contribution in [0.2, 0.25) is 5.02 Å². The van der Waals surface area contributed by atoms with Crippen molar-refractivity contribution in [3.05, 3.63) is 22.8 Å². The zero-order valence-corrected chi connectivity index (χ0v) is 11.3. The van der Waals surface area contributed by atoms with E-state index in [0.717, 1.165) is 19.4 Å². The lowest BCUT2D eigenvalue weighted by Crippen LogP contribution is -2.34. The van der Waals surface area contributed by atoms with E-state index in [2.05, 4.69) is 11.9 Å². The number of hydrogen-bond donors (Lipinski definition) is 2. The van der Waals surface area contributed by atoms with Crippen LogP contribution < -0.4 is 11.5 Å². The number of carbonyl (C=O) groups is 1. The van der Waals surface area contributed by atoms with Gasteiger partial charge in [-0.1, -0.05) is 24.9 Å². The highest BCUT2D eigenvalue weighted by atomic mass is 35.5. The largest absolute Gasteiger partial charge is 0.384 e. The van der Waals surface area contributed by atoms with Crippen LogP contribution in [-0.2, 0) is 11.3 Å². The third-order valence-corrected chi connectivity index (χ3v) is 2.87. The van der Waals surface area contributed by atoms with Gasteiger partial charge in [-0.2, -0.15) is 0 Å². The van der Waals surface area contributed by atoms with Gasteiger partial charge in [-0.3, -0.25) is 9.69 Å². The Labute approximate surface area is 112 Å². The molecule has 0 saturated heterocycles. The summed E-state index contributed by atoms with van der Waals surface area (Å²) in [5, 5.41) is 0.551. The molecule has 1 heterocycles. The van der Waals surface area contributed by atoms with E-state index in [9.17, 15) is 4.79 Å². The molecule has 1 rings (SSSR count). The number of nitrogen functional groups attached to an aromatic ring is 1. The Kier molecular flexibility index (Phi) is 5.88. The standard InChI is InChI=1S/C12H19ClN4O/c1-2-3-6-17(8-12(15)18)7-10-9(13)4-5-11(14)16-10/h4-5H,2-3,6-8H2,1H3,(H2,14,16)(H2,15,18). The zero-order chi connectivity index (χ0) is 13.5. The summed E-state index contributed by atoms with van der Waals surface area (Å²) in [7, 11) is 0. The molecule has 0 spiro atoms. The molecule has 0 radical (unpaired) electrons. The fraction of sp³-hybridized carbons (Fsp3) is 0.500. The molecule has 0 atom stereocenters. The summed E-state index contributed by atoms with van der Waals surface area (Å²) in [5.41, 5.74) is 11.5. The molecule has 0 aromatic carbocycles. The molecule has 0 aliphatic rings. The average molecular weight is 271 g/mol. The minimum atomic E-state index is -0.355. The number of amides is 1. The second-order valence-electron chi connectivity index (χ2n) is 4.20. The topological polar surface area (TPSA) is 85.2 Å². The van der Waals surface area contributed by atoms with Crippen LogP contribution in [0.15, 0.2) is 12.1 Å². The first-order valence-electron chi connectivity index (χ1n) is 5.94. The molecule has 100 valence electrons. The van der Waals surface area contributed by atoms with Gasteiger partial charge in [0.15, 0.2) is 0 Å². The molecule has 4 N–H and O–H groups in total. The normalized spacial score (nSPS) is 10.8. The maximum absolute atomic E-state index is 11.0. The zero-order valence-electron chi connectivity index (χ0n) is 10.5. The lowest BCUT2D eigenvalue weighted by Gasteiger charge is -2.20. The van der Waals surface area contributed by atoms with E-state index in [1.807, 2.05) is 4.90 Å². The summed E-state index contributed by atoms with van der Waals surface area (Å²) >= 11 is 6.05. The van der Waals surface area contributed by atoms with Crippen molar-refractivity contribution in [2.45, 2.75) is 26.3 Å². The quantitative estimate of drug-likeness (QED) is 0.784. The van der Waals surface area contributed by atoms with Gasteiger partial charge in [0.05, 0.1) is 17.3 Å². The number of nitrogens with zero attached hydrogens (tertiary/aromatic N) is 2. The summed E-state index contributed by atoms with van der Waals surface area (Å²) in [6.07, 6.45) is 2.04. The maximum atomic E-state index is 11.0. The van der Waals surface area contributed by atoms with Crippen molar-refractivity contribution >= 4 is 23.3 Å². The van der Waals surface area contributed by atoms with Crippen LogP contribution in [0, 0.1) is 0 Å². The summed E-state index contributed by atoms with van der Waals surface area (Å²) in [4.78, 5) is 17.1. The van der Waals surface area contributed by atoms with Crippen molar-refractivity contribution in [1.29, 1.82) is 0 Å². The van der Waals surface area contributed by atoms with Crippen molar-refractivity contribution < 1.29 is 4.79 Å². The number of primary amides is 1. The fourth-order valence-electron chi connectivity index (χ4n) is 1.64. The molecular formula is C12H19ClN4O. The number of pyridine rings is 1. The Morgan fingerprint density at radius 3 is 2.83 bits per heavy atom. The van der Waals surface area contributed by atoms with Gasteiger partial charge in [-0.05, 0) is 25.1 Å². The van der Waals surface area contributed by atoms with E-state index in [1.54, 1.807) is 12.1 Å². The predicted molar refractivity (Wildman–Crippen MR) is 73.0 cm³/mol. The van der Waals surface area contributed by atoms with Crippen LogP contribution in [0.3, 0.4) is 0 Å². The first kappa shape index (κ1) is 14.7. The number of aromatic nitrogens is 1. The predicted octanol–water partition coefficient (Wildman–Crippen LogP) is 1.40. The van der Waals surface area contributed by atoms with E-state index in [0.29, 0.717) is 23.1 Å². The number of anilines is 1. The summed E-state index contributed by atoms with van der Waals surface area (Å²) < 4.78 is 0. The van der Waals surface area contributed by atoms with Crippen LogP contribution in [0.5, 0.6) is 0 Å². The van der Waals surface area contributed by atoms with Crippen LogP contribution in [0.4, 0.5) is 5.82 Å². The van der Waals surface area contributed by atoms with Gasteiger partial charge in [0.1, 0.15) is 5.82 Å². The number of hydrogen-bond acceptors (Lipinski definition) is 4. The van der Waals surface area contributed by atoms with Crippen LogP contribution >= 0.6 is 11.6 Å². The van der Waals surface area contributed by atoms with Gasteiger partial charge in [0.25, 0.3) is 0 Å². The third kappa shape index (κ3) is 4.89. The number of rotatable bonds is 7. The third-order valence-electron chi connectivity index (χ3n) is 2.52. The molecule has 0 fully saturated rings. The smallest absolute Gasteiger partial charge is 0.231 e. The van der Waals surface area contributed by atoms with E-state index in [1.165, 1.54) is 0 Å². The summed E-state index contributed by atoms with van der Waals surface area (Å²) in [6, 6.07) is 3.36. The monoisotopic (exact) mass is 270 g/mol. The molecule has 0 bridgehead atoms. The van der Waals surface area contributed by atoms with Crippen molar-refractivity contribution in [1.82, 2.24) is 9.88 Å². The fourth-order valence-corrected chi connectivity index (χ4v) is 1.81. The van der Waals surface area contributed by atoms with Crippen molar-refractivity contribution in [3.8, 4) is 0 Å². The number of carbonyl (C=O) groups excluding carboxylic acids is 1. The first-order chi connectivity index (χ1) is 8.52. The molecule has 0 aliphatic carbocycles. The Balaban J connectivity index is 2.74. The molecule has 18 heavy (non-hydrogen) atoms. The Morgan fingerprint density at radius 1 is 1.50 bits per heavy atom. The minimum Gasteiger partial charge on any atom is -0.384 e. The second kappa shape index (κ2) is 7.18. The highest BCUT2D eigenvalue weighted by molar-refractivity contribution is 6.31. The van der Waals surface area contributed by atoms with Gasteiger partial charge in [0, 0.05) is 6.54 Å². The van der Waals surface area contributed by atoms with Crippen molar-refractivity contribution in [3.63, 3.8) is 0 Å². The molecule has 1 aromatic rings. The van der Waals surface area contributed by atoms with E-state index >= 15 is 0 Å². The molecular weight excluding hydrogens is 252 g/mol. The Morgan fingerprint density at radius 2 is 2.22 bits per heavy atom. The van der Waals surface area contributed by atoms with Gasteiger partial charge in [0.2, 0.25) is 5.91 Å². The SMILES string of the molecule is CCCCN(CC(N)=O)Cc1nc(N)ccc1Cl. The Bertz CT molecular complexity index is 411. The lowest BCUT2D eigenvalue weighted by molar-refractivity contribution is -0.119. The highest BCUT2D eigenvalue weighted by Crippen LogP contribution is 2.17. The molecule has 0 saturated carbocycles. The number of nitrogens with two attached hydrogens (primary N) is 2. The van der Waals surface area contributed by atoms with E-state index in [-0.39, 0.29) is 12.5 Å². The number of unbranched alkanes of at least 4 members (excludes halogenated alkanes) is 1. The average Bonchev–Trinajstić information content (AvgIpc) is 2.30. The molecule has 5 nitrogen and oxygen atoms in total. The highest BCUT2D eigenvalue weighted by Gasteiger charge is 2.12. The van der Waals surface area contributed by atoms with Crippen molar-refractivity contribution in [2.24, 2.45) is 5.73 Å². The van der Waals surface area contributed by atoms with Gasteiger partial charge >= 0.3 is 0 Å². The minimum absolute atomic E-state index is 0.201. The van der Waals surface area contributed by atoms with Crippen LogP contribution in [-0.4, -0.2) is 28.9 Å². The summed E-state index contributed by atoms with van der Waals surface area (Å²) in [5.74, 6) is 0.0649. The molecule has 0 unspecified atom stereocenters. The molecule has 1 amide bonds. The Hall–Kier alpha value is -1.33. The summed E-state index contributed by atoms with van der Waals surface area (Å²) in [6.45, 7) is 3.56. The van der Waals surface area contributed by atoms with E-state index in [4.69, 9.17) is 23.1 Å². The molecule has 0 aliphatic heterocycles. The first-order valence-corrected chi connectivity index (χ1v) is 6.32. The lowest BCUT2D eigenvalue weighted by atomic mass is 10.2. The number of halogens is 1. The maximum Gasteiger partial charge on any atom is 0.231 e. The van der Waals surface area contributed by atoms with E-state index < -0.39 is 0 Å². The molecule has 1 aromatic heterocycles. The molecule has 6 heteroatoms. The van der Waals surface area contributed by atoms with Crippen LogP contribution in [0.1, 0.15) is 25.5 Å². The van der Waals surface area contributed by atoms with Crippen molar-refractivity contribution in [2.75, 3.05) is 18.8 Å². The van der Waals surface area contributed by atoms with Gasteiger partial charge in [-0.25, -0.2) is 4.98 Å². The van der Waals surface area contributed by atoms with Crippen LogP contribution in [0.25, 0.3) is 0 Å². The second-order valence-corrected chi connectivity index (χ2v) is 4.60.